The fourth-order valence-corrected chi connectivity index (χ4v) is 4.40. The number of amides is 1. The first-order valence-corrected chi connectivity index (χ1v) is 16.4. The Hall–Kier alpha value is -1.19. The van der Waals surface area contributed by atoms with Crippen LogP contribution in [0.15, 0.2) is 12.7 Å². The molecule has 0 fully saturated rings. The second-order valence-electron chi connectivity index (χ2n) is 12.0. The highest BCUT2D eigenvalue weighted by Crippen LogP contribution is 2.15. The molecule has 0 bridgehead atoms. The molecule has 0 aromatic rings. The van der Waals surface area contributed by atoms with Crippen molar-refractivity contribution >= 4 is 6.09 Å². The zero-order chi connectivity index (χ0) is 30.8. The molecule has 0 aliphatic rings. The first kappa shape index (κ1) is 39.8. The van der Waals surface area contributed by atoms with Gasteiger partial charge in [0, 0.05) is 19.8 Å². The van der Waals surface area contributed by atoms with Gasteiger partial charge in [0.05, 0.1) is 25.4 Å². The molecule has 2 unspecified atom stereocenters. The van der Waals surface area contributed by atoms with Crippen LogP contribution in [0.3, 0.4) is 0 Å². The SMILES string of the molecule is C=CCOC(OC(CN)[C@H](C)OCCCCCCCCC)[C@H](COCCCCCCCCC)NC(=O)OC(C)(C)C. The highest BCUT2D eigenvalue weighted by atomic mass is 16.7. The van der Waals surface area contributed by atoms with E-state index in [-0.39, 0.29) is 25.9 Å². The third-order valence-electron chi connectivity index (χ3n) is 6.79. The van der Waals surface area contributed by atoms with E-state index in [2.05, 4.69) is 25.7 Å². The number of ether oxygens (including phenoxy) is 5. The summed E-state index contributed by atoms with van der Waals surface area (Å²) in [6, 6.07) is -0.598. The van der Waals surface area contributed by atoms with Gasteiger partial charge >= 0.3 is 6.09 Å². The maximum absolute atomic E-state index is 12.7. The molecule has 0 aromatic heterocycles. The smallest absolute Gasteiger partial charge is 0.408 e. The summed E-state index contributed by atoms with van der Waals surface area (Å²) < 4.78 is 29.9. The highest BCUT2D eigenvalue weighted by molar-refractivity contribution is 5.68. The molecule has 0 spiro atoms. The van der Waals surface area contributed by atoms with Gasteiger partial charge in [-0.15, -0.1) is 6.58 Å². The molecule has 8 heteroatoms. The van der Waals surface area contributed by atoms with Gasteiger partial charge in [0.1, 0.15) is 11.6 Å². The average Bonchev–Trinajstić information content (AvgIpc) is 2.92. The monoisotopic (exact) mass is 586 g/mol. The first-order chi connectivity index (χ1) is 19.7. The van der Waals surface area contributed by atoms with E-state index in [9.17, 15) is 4.79 Å². The van der Waals surface area contributed by atoms with Gasteiger partial charge < -0.3 is 34.7 Å². The van der Waals surface area contributed by atoms with Crippen molar-refractivity contribution in [3.8, 4) is 0 Å². The molecule has 3 N–H and O–H groups in total. The quantitative estimate of drug-likeness (QED) is 0.0551. The normalized spacial score (nSPS) is 14.8. The Balaban J connectivity index is 5.06. The van der Waals surface area contributed by atoms with E-state index >= 15 is 0 Å². The molecule has 1 amide bonds. The van der Waals surface area contributed by atoms with E-state index in [1.165, 1.54) is 64.2 Å². The summed E-state index contributed by atoms with van der Waals surface area (Å²) in [4.78, 5) is 12.7. The Morgan fingerprint density at radius 1 is 0.854 bits per heavy atom. The van der Waals surface area contributed by atoms with Gasteiger partial charge in [0.2, 0.25) is 0 Å². The number of nitrogens with two attached hydrogens (primary N) is 1. The fraction of sp³-hybridized carbons (Fsp3) is 0.909. The summed E-state index contributed by atoms with van der Waals surface area (Å²) in [5.74, 6) is 0. The molecule has 0 saturated carbocycles. The maximum Gasteiger partial charge on any atom is 0.408 e. The number of carbonyl (C=O) groups excluding carboxylic acids is 1. The molecule has 0 radical (unpaired) electrons. The molecular formula is C33H66N2O6. The Morgan fingerprint density at radius 2 is 1.39 bits per heavy atom. The van der Waals surface area contributed by atoms with Crippen molar-refractivity contribution in [1.29, 1.82) is 0 Å². The van der Waals surface area contributed by atoms with E-state index in [1.807, 2.05) is 27.7 Å². The number of rotatable bonds is 28. The van der Waals surface area contributed by atoms with Gasteiger partial charge in [-0.25, -0.2) is 4.79 Å². The Kier molecular flexibility index (Phi) is 25.7. The standard InChI is InChI=1S/C33H66N2O6/c1-8-11-13-15-17-19-21-24-37-27-29(35-32(36)41-33(5,6)7)31(39-23-10-3)40-30(26-34)28(4)38-25-22-20-18-16-14-12-9-2/h10,28-31H,3,8-9,11-27,34H2,1-2,4-7H3,(H,35,36)/t28-,29-,30?,31?/m0/s1. The van der Waals surface area contributed by atoms with Crippen molar-refractivity contribution in [2.75, 3.05) is 33.0 Å². The molecule has 0 aromatic carbocycles. The number of hydrogen-bond donors (Lipinski definition) is 2. The van der Waals surface area contributed by atoms with Gasteiger partial charge in [-0.1, -0.05) is 97.0 Å². The van der Waals surface area contributed by atoms with E-state index in [0.29, 0.717) is 13.2 Å². The van der Waals surface area contributed by atoms with Crippen molar-refractivity contribution in [3.05, 3.63) is 12.7 Å². The number of alkyl carbamates (subject to hydrolysis) is 1. The highest BCUT2D eigenvalue weighted by Gasteiger charge is 2.31. The van der Waals surface area contributed by atoms with Gasteiger partial charge in [-0.2, -0.15) is 0 Å². The van der Waals surface area contributed by atoms with E-state index in [4.69, 9.17) is 29.4 Å². The summed E-state index contributed by atoms with van der Waals surface area (Å²) in [5.41, 5.74) is 5.47. The third kappa shape index (κ3) is 24.0. The van der Waals surface area contributed by atoms with Crippen LogP contribution in [0.2, 0.25) is 0 Å². The van der Waals surface area contributed by atoms with E-state index < -0.39 is 30.1 Å². The van der Waals surface area contributed by atoms with Crippen LogP contribution < -0.4 is 11.1 Å². The van der Waals surface area contributed by atoms with Crippen molar-refractivity contribution < 1.29 is 28.5 Å². The van der Waals surface area contributed by atoms with Gasteiger partial charge in [-0.05, 0) is 40.5 Å². The molecule has 0 heterocycles. The van der Waals surface area contributed by atoms with E-state index in [1.54, 1.807) is 6.08 Å². The van der Waals surface area contributed by atoms with Crippen LogP contribution in [-0.2, 0) is 23.7 Å². The molecule has 0 aliphatic heterocycles. The Bertz CT molecular complexity index is 613. The number of unbranched alkanes of at least 4 members (excludes halogenated alkanes) is 12. The molecule has 41 heavy (non-hydrogen) atoms. The third-order valence-corrected chi connectivity index (χ3v) is 6.79. The average molecular weight is 587 g/mol. The van der Waals surface area contributed by atoms with E-state index in [0.717, 1.165) is 25.7 Å². The van der Waals surface area contributed by atoms with Gasteiger partial charge in [0.15, 0.2) is 6.29 Å². The molecule has 8 nitrogen and oxygen atoms in total. The molecule has 4 atom stereocenters. The predicted molar refractivity (Wildman–Crippen MR) is 169 cm³/mol. The second kappa shape index (κ2) is 26.4. The second-order valence-corrected chi connectivity index (χ2v) is 12.0. The van der Waals surface area contributed by atoms with Crippen LogP contribution in [0.1, 0.15) is 131 Å². The summed E-state index contributed by atoms with van der Waals surface area (Å²) in [6.45, 7) is 17.7. The molecule has 0 aliphatic carbocycles. The van der Waals surface area contributed by atoms with Crippen LogP contribution >= 0.6 is 0 Å². The first-order valence-electron chi connectivity index (χ1n) is 16.4. The van der Waals surface area contributed by atoms with Gasteiger partial charge in [-0.3, -0.25) is 0 Å². The minimum atomic E-state index is -0.812. The van der Waals surface area contributed by atoms with Crippen molar-refractivity contribution in [2.24, 2.45) is 5.73 Å². The minimum Gasteiger partial charge on any atom is -0.444 e. The zero-order valence-electron chi connectivity index (χ0n) is 27.6. The summed E-state index contributed by atoms with van der Waals surface area (Å²) >= 11 is 0. The van der Waals surface area contributed by atoms with Crippen LogP contribution in [0, 0.1) is 0 Å². The lowest BCUT2D eigenvalue weighted by molar-refractivity contribution is -0.206. The largest absolute Gasteiger partial charge is 0.444 e. The molecule has 0 saturated heterocycles. The molecular weight excluding hydrogens is 520 g/mol. The molecule has 244 valence electrons. The number of hydrogen-bond acceptors (Lipinski definition) is 7. The van der Waals surface area contributed by atoms with Crippen LogP contribution in [0.4, 0.5) is 4.79 Å². The Labute approximate surface area is 252 Å². The number of carbonyl (C=O) groups is 1. The van der Waals surface area contributed by atoms with Crippen LogP contribution in [-0.4, -0.2) is 69.2 Å². The predicted octanol–water partition coefficient (Wildman–Crippen LogP) is 7.68. The summed E-state index contributed by atoms with van der Waals surface area (Å²) in [7, 11) is 0. The number of nitrogens with one attached hydrogen (secondary N) is 1. The summed E-state index contributed by atoms with van der Waals surface area (Å²) in [6.07, 6.45) is 16.6. The van der Waals surface area contributed by atoms with Gasteiger partial charge in [0.25, 0.3) is 0 Å². The van der Waals surface area contributed by atoms with Crippen LogP contribution in [0.5, 0.6) is 0 Å². The minimum absolute atomic E-state index is 0.224. The lowest BCUT2D eigenvalue weighted by Crippen LogP contribution is -2.53. The zero-order valence-corrected chi connectivity index (χ0v) is 27.6. The lowest BCUT2D eigenvalue weighted by atomic mass is 10.1. The maximum atomic E-state index is 12.7. The van der Waals surface area contributed by atoms with Crippen molar-refractivity contribution in [2.45, 2.75) is 162 Å². The van der Waals surface area contributed by atoms with Crippen LogP contribution in [0.25, 0.3) is 0 Å². The Morgan fingerprint density at radius 3 is 1.90 bits per heavy atom. The molecule has 0 rings (SSSR count). The summed E-state index contributed by atoms with van der Waals surface area (Å²) in [5, 5.41) is 2.90. The van der Waals surface area contributed by atoms with Crippen molar-refractivity contribution in [1.82, 2.24) is 5.32 Å². The lowest BCUT2D eigenvalue weighted by Gasteiger charge is -2.33. The topological polar surface area (TPSA) is 101 Å². The fourth-order valence-electron chi connectivity index (χ4n) is 4.40. The van der Waals surface area contributed by atoms with Crippen molar-refractivity contribution in [3.63, 3.8) is 0 Å².